The number of aliphatic imine (C=N–C) groups is 1. The van der Waals surface area contributed by atoms with Gasteiger partial charge < -0.3 is 15.0 Å². The van der Waals surface area contributed by atoms with Gasteiger partial charge in [0, 0.05) is 58.0 Å². The zero-order valence-corrected chi connectivity index (χ0v) is 16.5. The minimum Gasteiger partial charge on any atom is -0.384 e. The van der Waals surface area contributed by atoms with E-state index in [9.17, 15) is 0 Å². The zero-order valence-electron chi connectivity index (χ0n) is 14.2. The maximum atomic E-state index is 5.25. The van der Waals surface area contributed by atoms with Crippen LogP contribution in [0.4, 0.5) is 0 Å². The second-order valence-electron chi connectivity index (χ2n) is 5.73. The molecular formula is C15H28IN5O. The van der Waals surface area contributed by atoms with Gasteiger partial charge in [-0.2, -0.15) is 5.10 Å². The highest BCUT2D eigenvalue weighted by molar-refractivity contribution is 14.0. The van der Waals surface area contributed by atoms with Crippen molar-refractivity contribution < 1.29 is 4.74 Å². The first-order valence-corrected chi connectivity index (χ1v) is 7.50. The lowest BCUT2D eigenvalue weighted by Gasteiger charge is -2.21. The van der Waals surface area contributed by atoms with Crippen molar-refractivity contribution in [2.45, 2.75) is 26.8 Å². The van der Waals surface area contributed by atoms with Gasteiger partial charge >= 0.3 is 0 Å². The van der Waals surface area contributed by atoms with E-state index in [1.54, 1.807) is 7.11 Å². The third kappa shape index (κ3) is 4.34. The van der Waals surface area contributed by atoms with Gasteiger partial charge in [0.25, 0.3) is 0 Å². The van der Waals surface area contributed by atoms with Crippen LogP contribution >= 0.6 is 24.0 Å². The van der Waals surface area contributed by atoms with Gasteiger partial charge in [-0.1, -0.05) is 0 Å². The summed E-state index contributed by atoms with van der Waals surface area (Å²) in [5, 5.41) is 7.92. The molecule has 1 aromatic heterocycles. The lowest BCUT2D eigenvalue weighted by Crippen LogP contribution is -2.40. The molecule has 1 aliphatic heterocycles. The number of hydrogen-bond acceptors (Lipinski definition) is 3. The van der Waals surface area contributed by atoms with E-state index in [4.69, 9.17) is 4.74 Å². The van der Waals surface area contributed by atoms with Crippen LogP contribution in [-0.4, -0.2) is 54.5 Å². The molecule has 0 amide bonds. The first-order valence-electron chi connectivity index (χ1n) is 7.50. The van der Waals surface area contributed by atoms with E-state index in [2.05, 4.69) is 34.2 Å². The predicted octanol–water partition coefficient (Wildman–Crippen LogP) is 1.70. The number of hydrogen-bond donors (Lipinski definition) is 1. The third-order valence-electron chi connectivity index (χ3n) is 4.28. The van der Waals surface area contributed by atoms with Gasteiger partial charge in [0.15, 0.2) is 5.96 Å². The second kappa shape index (κ2) is 8.71. The second-order valence-corrected chi connectivity index (χ2v) is 5.73. The Bertz CT molecular complexity index is 514. The third-order valence-corrected chi connectivity index (χ3v) is 4.28. The number of rotatable bonds is 4. The quantitative estimate of drug-likeness (QED) is 0.457. The summed E-state index contributed by atoms with van der Waals surface area (Å²) in [6.45, 7) is 7.80. The summed E-state index contributed by atoms with van der Waals surface area (Å²) in [5.41, 5.74) is 3.54. The van der Waals surface area contributed by atoms with E-state index >= 15 is 0 Å². The molecule has 22 heavy (non-hydrogen) atoms. The van der Waals surface area contributed by atoms with Crippen LogP contribution in [0.3, 0.4) is 0 Å². The van der Waals surface area contributed by atoms with Gasteiger partial charge in [0.2, 0.25) is 0 Å². The van der Waals surface area contributed by atoms with Crippen LogP contribution in [0.1, 0.15) is 23.4 Å². The van der Waals surface area contributed by atoms with E-state index in [1.807, 2.05) is 18.8 Å². The van der Waals surface area contributed by atoms with Crippen molar-refractivity contribution in [1.82, 2.24) is 20.0 Å². The number of methoxy groups -OCH3 is 1. The van der Waals surface area contributed by atoms with Gasteiger partial charge in [0.05, 0.1) is 12.3 Å². The van der Waals surface area contributed by atoms with Crippen LogP contribution in [0.2, 0.25) is 0 Å². The van der Waals surface area contributed by atoms with Gasteiger partial charge in [0.1, 0.15) is 0 Å². The molecule has 1 aromatic rings. The fraction of sp³-hybridized carbons (Fsp3) is 0.733. The summed E-state index contributed by atoms with van der Waals surface area (Å²) in [5.74, 6) is 1.58. The van der Waals surface area contributed by atoms with Gasteiger partial charge in [-0.25, -0.2) is 0 Å². The maximum absolute atomic E-state index is 5.25. The molecule has 0 spiro atoms. The largest absolute Gasteiger partial charge is 0.384 e. The minimum absolute atomic E-state index is 0. The zero-order chi connectivity index (χ0) is 15.4. The molecule has 7 heteroatoms. The van der Waals surface area contributed by atoms with Gasteiger partial charge in [-0.05, 0) is 20.3 Å². The van der Waals surface area contributed by atoms with E-state index in [0.717, 1.165) is 37.9 Å². The van der Waals surface area contributed by atoms with Crippen LogP contribution in [0.15, 0.2) is 4.99 Å². The van der Waals surface area contributed by atoms with Crippen molar-refractivity contribution in [3.63, 3.8) is 0 Å². The van der Waals surface area contributed by atoms with Crippen molar-refractivity contribution in [2.75, 3.05) is 33.9 Å². The van der Waals surface area contributed by atoms with Crippen molar-refractivity contribution in [1.29, 1.82) is 0 Å². The number of nitrogens with one attached hydrogen (secondary N) is 1. The van der Waals surface area contributed by atoms with Crippen LogP contribution < -0.4 is 5.32 Å². The van der Waals surface area contributed by atoms with Gasteiger partial charge in [-0.3, -0.25) is 9.67 Å². The maximum Gasteiger partial charge on any atom is 0.193 e. The molecule has 1 N–H and O–H groups in total. The standard InChI is InChI=1S/C15H27N5O.HI/c1-11-14(12(2)19(4)18-11)8-17-15(16-3)20-7-6-13(9-20)10-21-5;/h13H,6-10H2,1-5H3,(H,16,17);1H. The Kier molecular flexibility index (Phi) is 7.61. The van der Waals surface area contributed by atoms with Crippen LogP contribution in [0, 0.1) is 19.8 Å². The number of nitrogens with zero attached hydrogens (tertiary/aromatic N) is 4. The molecule has 0 aliphatic carbocycles. The highest BCUT2D eigenvalue weighted by atomic mass is 127. The van der Waals surface area contributed by atoms with Gasteiger partial charge in [-0.15, -0.1) is 24.0 Å². The molecule has 1 unspecified atom stereocenters. The lowest BCUT2D eigenvalue weighted by atomic mass is 10.1. The Morgan fingerprint density at radius 2 is 2.18 bits per heavy atom. The summed E-state index contributed by atoms with van der Waals surface area (Å²) in [4.78, 5) is 6.72. The van der Waals surface area contributed by atoms with E-state index in [1.165, 1.54) is 17.7 Å². The molecule has 1 saturated heterocycles. The number of aryl methyl sites for hydroxylation is 2. The summed E-state index contributed by atoms with van der Waals surface area (Å²) in [6.07, 6.45) is 1.17. The summed E-state index contributed by atoms with van der Waals surface area (Å²) >= 11 is 0. The Labute approximate surface area is 150 Å². The van der Waals surface area contributed by atoms with Crippen molar-refractivity contribution in [3.8, 4) is 0 Å². The number of likely N-dealkylation sites (tertiary alicyclic amines) is 1. The summed E-state index contributed by atoms with van der Waals surface area (Å²) in [6, 6.07) is 0. The molecular weight excluding hydrogens is 393 g/mol. The first-order chi connectivity index (χ1) is 10.1. The van der Waals surface area contributed by atoms with Crippen molar-refractivity contribution >= 4 is 29.9 Å². The Balaban J connectivity index is 0.00000242. The average Bonchev–Trinajstić information content (AvgIpc) is 3.00. The smallest absolute Gasteiger partial charge is 0.193 e. The van der Waals surface area contributed by atoms with Crippen LogP contribution in [-0.2, 0) is 18.3 Å². The van der Waals surface area contributed by atoms with E-state index in [-0.39, 0.29) is 24.0 Å². The van der Waals surface area contributed by atoms with Crippen LogP contribution in [0.5, 0.6) is 0 Å². The predicted molar refractivity (Wildman–Crippen MR) is 99.9 cm³/mol. The molecule has 126 valence electrons. The molecule has 6 nitrogen and oxygen atoms in total. The molecule has 0 bridgehead atoms. The summed E-state index contributed by atoms with van der Waals surface area (Å²) in [7, 11) is 5.59. The first kappa shape index (κ1) is 19.2. The van der Waals surface area contributed by atoms with E-state index < -0.39 is 0 Å². The monoisotopic (exact) mass is 421 g/mol. The van der Waals surface area contributed by atoms with Crippen molar-refractivity contribution in [2.24, 2.45) is 18.0 Å². The van der Waals surface area contributed by atoms with Crippen LogP contribution in [0.25, 0.3) is 0 Å². The highest BCUT2D eigenvalue weighted by Gasteiger charge is 2.24. The Morgan fingerprint density at radius 3 is 2.73 bits per heavy atom. The lowest BCUT2D eigenvalue weighted by molar-refractivity contribution is 0.157. The molecule has 0 aromatic carbocycles. The number of ether oxygens (including phenoxy) is 1. The normalized spacial score (nSPS) is 18.5. The average molecular weight is 421 g/mol. The fourth-order valence-corrected chi connectivity index (χ4v) is 2.97. The molecule has 1 aliphatic rings. The molecule has 2 rings (SSSR count). The fourth-order valence-electron chi connectivity index (χ4n) is 2.97. The topological polar surface area (TPSA) is 54.7 Å². The molecule has 2 heterocycles. The molecule has 0 saturated carbocycles. The number of aromatic nitrogens is 2. The molecule has 1 fully saturated rings. The Morgan fingerprint density at radius 1 is 1.45 bits per heavy atom. The van der Waals surface area contributed by atoms with E-state index in [0.29, 0.717) is 5.92 Å². The number of halogens is 1. The minimum atomic E-state index is 0. The summed E-state index contributed by atoms with van der Waals surface area (Å²) < 4.78 is 7.18. The van der Waals surface area contributed by atoms with Crippen molar-refractivity contribution in [3.05, 3.63) is 17.0 Å². The Hall–Kier alpha value is -0.830. The molecule has 0 radical (unpaired) electrons. The molecule has 1 atom stereocenters. The highest BCUT2D eigenvalue weighted by Crippen LogP contribution is 2.17. The SMILES string of the molecule is CN=C(NCc1c(C)nn(C)c1C)N1CCC(COC)C1.I. The number of guanidine groups is 1.